The summed E-state index contributed by atoms with van der Waals surface area (Å²) in [5, 5.41) is 15.0. The molecule has 0 atom stereocenters. The van der Waals surface area contributed by atoms with Crippen molar-refractivity contribution in [1.82, 2.24) is 5.16 Å². The van der Waals surface area contributed by atoms with Gasteiger partial charge in [0.1, 0.15) is 11.6 Å². The molecule has 3 rings (SSSR count). The first kappa shape index (κ1) is 15.5. The van der Waals surface area contributed by atoms with Gasteiger partial charge in [-0.15, -0.1) is 0 Å². The van der Waals surface area contributed by atoms with Crippen LogP contribution in [0.15, 0.2) is 53.2 Å². The summed E-state index contributed by atoms with van der Waals surface area (Å²) in [7, 11) is 0. The summed E-state index contributed by atoms with van der Waals surface area (Å²) in [6.45, 7) is 0. The fourth-order valence-electron chi connectivity index (χ4n) is 2.06. The van der Waals surface area contributed by atoms with Crippen molar-refractivity contribution in [2.45, 2.75) is 0 Å². The quantitative estimate of drug-likeness (QED) is 0.540. The molecule has 0 fully saturated rings. The maximum absolute atomic E-state index is 12.9. The molecule has 120 valence electrons. The lowest BCUT2D eigenvalue weighted by Crippen LogP contribution is -2.32. The molecule has 0 N–H and O–H groups in total. The minimum absolute atomic E-state index is 0.0163. The van der Waals surface area contributed by atoms with Crippen molar-refractivity contribution in [3.63, 3.8) is 0 Å². The van der Waals surface area contributed by atoms with Crippen molar-refractivity contribution in [3.05, 3.63) is 87.9 Å². The lowest BCUT2D eigenvalue weighted by Gasteiger charge is -1.99. The van der Waals surface area contributed by atoms with Gasteiger partial charge in [0.25, 0.3) is 11.4 Å². The normalized spacial score (nSPS) is 10.6. The van der Waals surface area contributed by atoms with Crippen LogP contribution in [0.25, 0.3) is 0 Å². The number of hydrogen-bond acceptors (Lipinski definition) is 5. The molecule has 1 aromatic heterocycles. The number of carbonyl (C=O) groups is 2. The Morgan fingerprint density at radius 3 is 1.83 bits per heavy atom. The standard InChI is InChI=1S/C16H8F2N2O4/c17-11-5-1-9(2-6-11)15(21)13-14(20(23)24-19-13)16(22)10-3-7-12(18)8-4-10/h1-8H. The van der Waals surface area contributed by atoms with Gasteiger partial charge >= 0.3 is 0 Å². The highest BCUT2D eigenvalue weighted by Gasteiger charge is 2.33. The SMILES string of the molecule is O=C(c1ccc(F)cc1)c1no[n+]([O-])c1C(=O)c1ccc(F)cc1. The van der Waals surface area contributed by atoms with Crippen molar-refractivity contribution in [2.75, 3.05) is 0 Å². The summed E-state index contributed by atoms with van der Waals surface area (Å²) >= 11 is 0. The third-order valence-electron chi connectivity index (χ3n) is 3.26. The monoisotopic (exact) mass is 330 g/mol. The molecule has 0 aliphatic heterocycles. The van der Waals surface area contributed by atoms with Gasteiger partial charge in [-0.2, -0.15) is 0 Å². The molecule has 0 spiro atoms. The summed E-state index contributed by atoms with van der Waals surface area (Å²) in [5.41, 5.74) is -1.13. The van der Waals surface area contributed by atoms with Crippen molar-refractivity contribution in [1.29, 1.82) is 0 Å². The number of hydrogen-bond donors (Lipinski definition) is 0. The van der Waals surface area contributed by atoms with Gasteiger partial charge in [-0.05, 0) is 53.4 Å². The fraction of sp³-hybridized carbons (Fsp3) is 0. The van der Waals surface area contributed by atoms with E-state index in [0.717, 1.165) is 36.4 Å². The Kier molecular flexibility index (Phi) is 3.87. The summed E-state index contributed by atoms with van der Waals surface area (Å²) in [5.74, 6) is -2.74. The molecule has 0 saturated heterocycles. The molecule has 8 heteroatoms. The fourth-order valence-corrected chi connectivity index (χ4v) is 2.06. The predicted molar refractivity (Wildman–Crippen MR) is 75.1 cm³/mol. The van der Waals surface area contributed by atoms with Crippen LogP contribution in [-0.2, 0) is 0 Å². The Morgan fingerprint density at radius 1 is 0.875 bits per heavy atom. The van der Waals surface area contributed by atoms with E-state index in [1.54, 1.807) is 0 Å². The zero-order valence-corrected chi connectivity index (χ0v) is 11.9. The molecule has 3 aromatic rings. The van der Waals surface area contributed by atoms with Crippen LogP contribution >= 0.6 is 0 Å². The summed E-state index contributed by atoms with van der Waals surface area (Å²) in [6, 6.07) is 8.89. The van der Waals surface area contributed by atoms with Crippen LogP contribution in [0.1, 0.15) is 32.1 Å². The van der Waals surface area contributed by atoms with Gasteiger partial charge in [0, 0.05) is 11.1 Å². The number of ketones is 2. The molecular formula is C16H8F2N2O4. The zero-order chi connectivity index (χ0) is 17.3. The number of carbonyl (C=O) groups excluding carboxylic acids is 2. The first-order valence-electron chi connectivity index (χ1n) is 6.67. The van der Waals surface area contributed by atoms with Crippen molar-refractivity contribution >= 4 is 11.6 Å². The molecule has 0 saturated carbocycles. The van der Waals surface area contributed by atoms with Gasteiger partial charge < -0.3 is 5.21 Å². The van der Waals surface area contributed by atoms with E-state index in [9.17, 15) is 23.6 Å². The first-order valence-corrected chi connectivity index (χ1v) is 6.67. The Labute approximate surface area is 133 Å². The number of halogens is 2. The van der Waals surface area contributed by atoms with Crippen molar-refractivity contribution in [3.8, 4) is 0 Å². The van der Waals surface area contributed by atoms with Gasteiger partial charge in [0.2, 0.25) is 11.6 Å². The Balaban J connectivity index is 2.02. The lowest BCUT2D eigenvalue weighted by molar-refractivity contribution is -0.803. The summed E-state index contributed by atoms with van der Waals surface area (Å²) in [6.07, 6.45) is 0. The highest BCUT2D eigenvalue weighted by molar-refractivity contribution is 6.16. The summed E-state index contributed by atoms with van der Waals surface area (Å²) in [4.78, 5) is 24.6. The largest absolute Gasteiger partial charge is 0.359 e. The molecule has 2 aromatic carbocycles. The van der Waals surface area contributed by atoms with Crippen LogP contribution < -0.4 is 4.90 Å². The van der Waals surface area contributed by atoms with Crippen LogP contribution in [0.2, 0.25) is 0 Å². The average molecular weight is 330 g/mol. The summed E-state index contributed by atoms with van der Waals surface area (Å²) < 4.78 is 30.2. The second-order valence-corrected chi connectivity index (χ2v) is 4.80. The van der Waals surface area contributed by atoms with Crippen molar-refractivity contribution < 1.29 is 27.9 Å². The number of aromatic nitrogens is 2. The number of rotatable bonds is 4. The zero-order valence-electron chi connectivity index (χ0n) is 11.9. The molecule has 0 amide bonds. The highest BCUT2D eigenvalue weighted by atomic mass is 19.1. The van der Waals surface area contributed by atoms with E-state index in [4.69, 9.17) is 0 Å². The van der Waals surface area contributed by atoms with E-state index >= 15 is 0 Å². The first-order chi connectivity index (χ1) is 11.5. The molecule has 0 radical (unpaired) electrons. The second kappa shape index (κ2) is 5.99. The molecule has 24 heavy (non-hydrogen) atoms. The van der Waals surface area contributed by atoms with Crippen LogP contribution in [0.3, 0.4) is 0 Å². The van der Waals surface area contributed by atoms with Crippen molar-refractivity contribution in [2.24, 2.45) is 0 Å². The third-order valence-corrected chi connectivity index (χ3v) is 3.26. The molecule has 0 aliphatic carbocycles. The lowest BCUT2D eigenvalue weighted by atomic mass is 10.0. The van der Waals surface area contributed by atoms with Crippen LogP contribution in [-0.4, -0.2) is 16.7 Å². The van der Waals surface area contributed by atoms with E-state index in [2.05, 4.69) is 9.79 Å². The van der Waals surface area contributed by atoms with Crippen LogP contribution in [0, 0.1) is 16.8 Å². The predicted octanol–water partition coefficient (Wildman–Crippen LogP) is 2.05. The minimum atomic E-state index is -0.850. The maximum atomic E-state index is 12.9. The van der Waals surface area contributed by atoms with E-state index in [1.165, 1.54) is 12.1 Å². The van der Waals surface area contributed by atoms with Crippen LogP contribution in [0.4, 0.5) is 8.78 Å². The molecule has 6 nitrogen and oxygen atoms in total. The molecule has 1 heterocycles. The third kappa shape index (κ3) is 2.76. The highest BCUT2D eigenvalue weighted by Crippen LogP contribution is 2.15. The van der Waals surface area contributed by atoms with Crippen LogP contribution in [0.5, 0.6) is 0 Å². The van der Waals surface area contributed by atoms with E-state index in [0.29, 0.717) is 0 Å². The Hall–Kier alpha value is -3.42. The smallest absolute Gasteiger partial charge is 0.300 e. The van der Waals surface area contributed by atoms with Gasteiger partial charge in [0.05, 0.1) is 5.16 Å². The van der Waals surface area contributed by atoms with E-state index in [1.807, 2.05) is 0 Å². The van der Waals surface area contributed by atoms with E-state index in [-0.39, 0.29) is 16.0 Å². The number of benzene rings is 2. The molecule has 0 aliphatic rings. The second-order valence-electron chi connectivity index (χ2n) is 4.80. The Bertz CT molecular complexity index is 918. The maximum Gasteiger partial charge on any atom is 0.300 e. The van der Waals surface area contributed by atoms with Gasteiger partial charge in [-0.1, -0.05) is 0 Å². The number of nitrogens with zero attached hydrogens (tertiary/aromatic N) is 2. The van der Waals surface area contributed by atoms with Gasteiger partial charge in [0.15, 0.2) is 0 Å². The van der Waals surface area contributed by atoms with Gasteiger partial charge in [-0.3, -0.25) is 14.2 Å². The minimum Gasteiger partial charge on any atom is -0.359 e. The van der Waals surface area contributed by atoms with E-state index < -0.39 is 34.6 Å². The molecule has 0 unspecified atom stereocenters. The van der Waals surface area contributed by atoms with Gasteiger partial charge in [-0.25, -0.2) is 8.78 Å². The topological polar surface area (TPSA) is 87.1 Å². The molecular weight excluding hydrogens is 322 g/mol. The Morgan fingerprint density at radius 2 is 1.33 bits per heavy atom. The average Bonchev–Trinajstić information content (AvgIpc) is 2.96. The molecule has 0 bridgehead atoms.